The number of amides is 1. The van der Waals surface area contributed by atoms with E-state index in [4.69, 9.17) is 4.42 Å². The minimum Gasteiger partial charge on any atom is -0.455 e. The number of likely N-dealkylation sites (tertiary alicyclic amines) is 1. The molecule has 0 radical (unpaired) electrons. The Kier molecular flexibility index (Phi) is 5.55. The van der Waals surface area contributed by atoms with Gasteiger partial charge in [-0.2, -0.15) is 0 Å². The van der Waals surface area contributed by atoms with Crippen LogP contribution in [0.4, 0.5) is 11.4 Å². The zero-order valence-corrected chi connectivity index (χ0v) is 16.3. The van der Waals surface area contributed by atoms with Gasteiger partial charge in [-0.25, -0.2) is 0 Å². The molecule has 3 rings (SSSR count). The number of hydrogen-bond acceptors (Lipinski definition) is 5. The molecule has 1 aromatic heterocycles. The van der Waals surface area contributed by atoms with Crippen LogP contribution in [-0.4, -0.2) is 28.8 Å². The summed E-state index contributed by atoms with van der Waals surface area (Å²) >= 11 is 6.49. The average molecular weight is 473 g/mol. The highest BCUT2D eigenvalue weighted by Gasteiger charge is 2.19. The summed E-state index contributed by atoms with van der Waals surface area (Å²) in [5.41, 5.74) is 0.329. The molecule has 1 aromatic carbocycles. The van der Waals surface area contributed by atoms with Crippen molar-refractivity contribution in [3.8, 4) is 0 Å². The van der Waals surface area contributed by atoms with Crippen LogP contribution >= 0.6 is 31.9 Å². The Balaban J connectivity index is 1.72. The van der Waals surface area contributed by atoms with E-state index in [9.17, 15) is 14.9 Å². The van der Waals surface area contributed by atoms with Gasteiger partial charge in [0.2, 0.25) is 0 Å². The molecule has 2 heterocycles. The zero-order chi connectivity index (χ0) is 18.0. The third-order valence-electron chi connectivity index (χ3n) is 3.94. The summed E-state index contributed by atoms with van der Waals surface area (Å²) in [6.45, 7) is 2.79. The highest BCUT2D eigenvalue weighted by Crippen LogP contribution is 2.35. The van der Waals surface area contributed by atoms with Crippen LogP contribution in [0.15, 0.2) is 37.6 Å². The maximum Gasteiger partial charge on any atom is 0.291 e. The minimum absolute atomic E-state index is 0.0809. The monoisotopic (exact) mass is 471 g/mol. The number of nitrogens with zero attached hydrogens (tertiary/aromatic N) is 2. The molecular weight excluding hydrogens is 458 g/mol. The van der Waals surface area contributed by atoms with Gasteiger partial charge in [-0.1, -0.05) is 0 Å². The van der Waals surface area contributed by atoms with Crippen molar-refractivity contribution < 1.29 is 14.1 Å². The van der Waals surface area contributed by atoms with E-state index in [1.165, 1.54) is 25.0 Å². The highest BCUT2D eigenvalue weighted by atomic mass is 79.9. The van der Waals surface area contributed by atoms with Gasteiger partial charge in [-0.3, -0.25) is 19.8 Å². The molecule has 132 valence electrons. The molecule has 9 heteroatoms. The van der Waals surface area contributed by atoms with Crippen molar-refractivity contribution in [3.63, 3.8) is 0 Å². The number of non-ortho nitro benzene ring substituents is 1. The summed E-state index contributed by atoms with van der Waals surface area (Å²) in [4.78, 5) is 25.0. The Morgan fingerprint density at radius 2 is 1.88 bits per heavy atom. The Labute approximate surface area is 160 Å². The highest BCUT2D eigenvalue weighted by molar-refractivity contribution is 9.11. The van der Waals surface area contributed by atoms with Crippen molar-refractivity contribution in [2.24, 2.45) is 0 Å². The van der Waals surface area contributed by atoms with Gasteiger partial charge in [-0.15, -0.1) is 0 Å². The lowest BCUT2D eigenvalue weighted by atomic mass is 10.2. The number of furan rings is 1. The number of anilines is 1. The molecule has 1 amide bonds. The van der Waals surface area contributed by atoms with Gasteiger partial charge >= 0.3 is 0 Å². The van der Waals surface area contributed by atoms with E-state index in [0.29, 0.717) is 21.2 Å². The average Bonchev–Trinajstić information content (AvgIpc) is 3.22. The lowest BCUT2D eigenvalue weighted by Gasteiger charge is -2.12. The summed E-state index contributed by atoms with van der Waals surface area (Å²) in [6, 6.07) is 6.10. The second-order valence-electron chi connectivity index (χ2n) is 5.74. The topological polar surface area (TPSA) is 88.6 Å². The van der Waals surface area contributed by atoms with E-state index in [1.54, 1.807) is 12.1 Å². The molecule has 0 atom stereocenters. The molecule has 0 unspecified atom stereocenters. The maximum atomic E-state index is 12.4. The molecule has 7 nitrogen and oxygen atoms in total. The number of hydrogen-bond donors (Lipinski definition) is 1. The van der Waals surface area contributed by atoms with E-state index >= 15 is 0 Å². The number of nitro groups is 1. The number of carbonyl (C=O) groups excluding carboxylic acids is 1. The first kappa shape index (κ1) is 18.1. The van der Waals surface area contributed by atoms with E-state index < -0.39 is 10.8 Å². The molecule has 25 heavy (non-hydrogen) atoms. The lowest BCUT2D eigenvalue weighted by Crippen LogP contribution is -2.18. The van der Waals surface area contributed by atoms with Crippen LogP contribution in [0.1, 0.15) is 29.2 Å². The number of halogens is 2. The van der Waals surface area contributed by atoms with E-state index in [2.05, 4.69) is 42.1 Å². The Bertz CT molecular complexity index is 792. The van der Waals surface area contributed by atoms with Crippen LogP contribution < -0.4 is 5.32 Å². The van der Waals surface area contributed by atoms with Gasteiger partial charge in [-0.05, 0) is 69.9 Å². The summed E-state index contributed by atoms with van der Waals surface area (Å²) in [6.07, 6.45) is 2.38. The molecule has 1 fully saturated rings. The van der Waals surface area contributed by atoms with Crippen molar-refractivity contribution in [1.82, 2.24) is 4.90 Å². The molecule has 0 saturated carbocycles. The number of rotatable bonds is 5. The van der Waals surface area contributed by atoms with Crippen LogP contribution in [-0.2, 0) is 6.54 Å². The third-order valence-corrected chi connectivity index (χ3v) is 5.19. The minimum atomic E-state index is -0.502. The van der Waals surface area contributed by atoms with Crippen molar-refractivity contribution in [2.75, 3.05) is 18.4 Å². The molecule has 0 bridgehead atoms. The predicted molar refractivity (Wildman–Crippen MR) is 99.7 cm³/mol. The standard InChI is InChI=1S/C16H15Br2N3O4/c17-12-7-10(21(23)24)8-13(18)15(12)19-16(22)14-4-3-11(25-14)9-20-5-1-2-6-20/h3-4,7-8H,1-2,5-6,9H2,(H,19,22). The predicted octanol–water partition coefficient (Wildman–Crippen LogP) is 4.56. The van der Waals surface area contributed by atoms with E-state index in [0.717, 1.165) is 18.8 Å². The van der Waals surface area contributed by atoms with Crippen LogP contribution in [0, 0.1) is 10.1 Å². The second-order valence-corrected chi connectivity index (χ2v) is 7.45. The quantitative estimate of drug-likeness (QED) is 0.508. The molecule has 0 spiro atoms. The normalized spacial score (nSPS) is 14.6. The number of nitrogens with one attached hydrogen (secondary N) is 1. The first-order valence-corrected chi connectivity index (χ1v) is 9.28. The van der Waals surface area contributed by atoms with Crippen LogP contribution in [0.3, 0.4) is 0 Å². The summed E-state index contributed by atoms with van der Waals surface area (Å²) in [5, 5.41) is 13.6. The lowest BCUT2D eigenvalue weighted by molar-refractivity contribution is -0.385. The maximum absolute atomic E-state index is 12.4. The van der Waals surface area contributed by atoms with E-state index in [1.807, 2.05) is 0 Å². The summed E-state index contributed by atoms with van der Waals surface area (Å²) < 4.78 is 6.44. The second kappa shape index (κ2) is 7.67. The molecule has 1 N–H and O–H groups in total. The molecule has 1 aliphatic heterocycles. The molecule has 1 aliphatic rings. The SMILES string of the molecule is O=C(Nc1c(Br)cc([N+](=O)[O-])cc1Br)c1ccc(CN2CCCC2)o1. The number of carbonyl (C=O) groups is 1. The van der Waals surface area contributed by atoms with Gasteiger partial charge in [0.15, 0.2) is 5.76 Å². The van der Waals surface area contributed by atoms with Gasteiger partial charge in [0.05, 0.1) is 17.2 Å². The first-order valence-electron chi connectivity index (χ1n) is 7.70. The fourth-order valence-electron chi connectivity index (χ4n) is 2.71. The molecular formula is C16H15Br2N3O4. The Morgan fingerprint density at radius 1 is 1.24 bits per heavy atom. The van der Waals surface area contributed by atoms with Crippen molar-refractivity contribution >= 4 is 49.1 Å². The molecule has 1 saturated heterocycles. The fraction of sp³-hybridized carbons (Fsp3) is 0.312. The van der Waals surface area contributed by atoms with Crippen molar-refractivity contribution in [3.05, 3.63) is 54.8 Å². The zero-order valence-electron chi connectivity index (χ0n) is 13.1. The van der Waals surface area contributed by atoms with Gasteiger partial charge < -0.3 is 9.73 Å². The summed E-state index contributed by atoms with van der Waals surface area (Å²) in [7, 11) is 0. The number of nitro benzene ring substituents is 1. The van der Waals surface area contributed by atoms with Crippen LogP contribution in [0.25, 0.3) is 0 Å². The molecule has 2 aromatic rings. The van der Waals surface area contributed by atoms with Crippen LogP contribution in [0.5, 0.6) is 0 Å². The largest absolute Gasteiger partial charge is 0.455 e. The van der Waals surface area contributed by atoms with Crippen molar-refractivity contribution in [1.29, 1.82) is 0 Å². The Hall–Kier alpha value is -1.71. The van der Waals surface area contributed by atoms with Crippen molar-refractivity contribution in [2.45, 2.75) is 19.4 Å². The Morgan fingerprint density at radius 3 is 2.48 bits per heavy atom. The number of benzene rings is 1. The smallest absolute Gasteiger partial charge is 0.291 e. The summed E-state index contributed by atoms with van der Waals surface area (Å²) in [5.74, 6) is 0.531. The van der Waals surface area contributed by atoms with Gasteiger partial charge in [0.1, 0.15) is 5.76 Å². The molecule has 0 aliphatic carbocycles. The van der Waals surface area contributed by atoms with Gasteiger partial charge in [0.25, 0.3) is 11.6 Å². The van der Waals surface area contributed by atoms with Crippen LogP contribution in [0.2, 0.25) is 0 Å². The third kappa shape index (κ3) is 4.28. The van der Waals surface area contributed by atoms with Gasteiger partial charge in [0, 0.05) is 21.1 Å². The van der Waals surface area contributed by atoms with E-state index in [-0.39, 0.29) is 11.4 Å². The first-order chi connectivity index (χ1) is 11.9. The fourth-order valence-corrected chi connectivity index (χ4v) is 4.07.